The Hall–Kier alpha value is -1.49. The van der Waals surface area contributed by atoms with Crippen molar-refractivity contribution in [2.75, 3.05) is 5.75 Å². The quantitative estimate of drug-likeness (QED) is 0.756. The molecule has 0 aliphatic carbocycles. The highest BCUT2D eigenvalue weighted by Gasteiger charge is 2.15. The molecule has 5 heteroatoms. The number of carboxylic acids is 2. The van der Waals surface area contributed by atoms with E-state index in [4.69, 9.17) is 10.2 Å². The van der Waals surface area contributed by atoms with Crippen LogP contribution >= 0.6 is 11.8 Å². The Balaban J connectivity index is 2.50. The Bertz CT molecular complexity index is 391. The fourth-order valence-electron chi connectivity index (χ4n) is 1.57. The van der Waals surface area contributed by atoms with Crippen LogP contribution in [-0.2, 0) is 16.0 Å². The van der Waals surface area contributed by atoms with Gasteiger partial charge in [-0.25, -0.2) is 0 Å². The second kappa shape index (κ2) is 7.76. The number of carboxylic acid groups (broad SMARTS) is 2. The molecular weight excluding hydrogens is 252 g/mol. The third-order valence-electron chi connectivity index (χ3n) is 2.38. The molecule has 18 heavy (non-hydrogen) atoms. The maximum Gasteiger partial charge on any atom is 0.304 e. The van der Waals surface area contributed by atoms with Crippen molar-refractivity contribution in [1.29, 1.82) is 0 Å². The first-order valence-electron chi connectivity index (χ1n) is 5.67. The molecule has 0 spiro atoms. The highest BCUT2D eigenvalue weighted by Crippen LogP contribution is 2.20. The van der Waals surface area contributed by atoms with E-state index in [0.717, 1.165) is 5.56 Å². The second-order valence-electron chi connectivity index (χ2n) is 3.92. The molecule has 0 aliphatic rings. The van der Waals surface area contributed by atoms with E-state index in [1.54, 1.807) is 0 Å². The molecule has 0 radical (unpaired) electrons. The van der Waals surface area contributed by atoms with E-state index in [-0.39, 0.29) is 18.1 Å². The van der Waals surface area contributed by atoms with E-state index in [9.17, 15) is 9.59 Å². The number of hydrogen-bond donors (Lipinski definition) is 2. The Kier molecular flexibility index (Phi) is 6.28. The first-order valence-corrected chi connectivity index (χ1v) is 6.72. The monoisotopic (exact) mass is 268 g/mol. The summed E-state index contributed by atoms with van der Waals surface area (Å²) < 4.78 is 0. The van der Waals surface area contributed by atoms with Crippen molar-refractivity contribution >= 4 is 23.7 Å². The van der Waals surface area contributed by atoms with Gasteiger partial charge in [-0.2, -0.15) is 11.8 Å². The van der Waals surface area contributed by atoms with Crippen molar-refractivity contribution in [2.24, 2.45) is 0 Å². The molecule has 0 fully saturated rings. The summed E-state index contributed by atoms with van der Waals surface area (Å²) in [5, 5.41) is 17.3. The van der Waals surface area contributed by atoms with Crippen LogP contribution in [-0.4, -0.2) is 33.2 Å². The van der Waals surface area contributed by atoms with Gasteiger partial charge in [0, 0.05) is 11.0 Å². The normalized spacial score (nSPS) is 12.0. The molecule has 1 rings (SSSR count). The van der Waals surface area contributed by atoms with Crippen molar-refractivity contribution in [2.45, 2.75) is 24.5 Å². The van der Waals surface area contributed by atoms with Gasteiger partial charge in [0.2, 0.25) is 0 Å². The predicted molar refractivity (Wildman–Crippen MR) is 70.9 cm³/mol. The zero-order valence-electron chi connectivity index (χ0n) is 9.91. The van der Waals surface area contributed by atoms with E-state index in [1.165, 1.54) is 11.8 Å². The van der Waals surface area contributed by atoms with Gasteiger partial charge in [-0.05, 0) is 12.0 Å². The Morgan fingerprint density at radius 3 is 2.33 bits per heavy atom. The van der Waals surface area contributed by atoms with Gasteiger partial charge >= 0.3 is 11.9 Å². The number of rotatable bonds is 8. The maximum absolute atomic E-state index is 10.8. The zero-order valence-corrected chi connectivity index (χ0v) is 10.7. The SMILES string of the molecule is O=C(O)CCSC(CC(=O)O)Cc1ccccc1. The van der Waals surface area contributed by atoms with Crippen LogP contribution in [0.25, 0.3) is 0 Å². The Labute approximate surface area is 110 Å². The highest BCUT2D eigenvalue weighted by molar-refractivity contribution is 7.99. The smallest absolute Gasteiger partial charge is 0.304 e. The van der Waals surface area contributed by atoms with Gasteiger partial charge in [0.15, 0.2) is 0 Å². The van der Waals surface area contributed by atoms with Crippen LogP contribution in [0.3, 0.4) is 0 Å². The van der Waals surface area contributed by atoms with Crippen LogP contribution in [0, 0.1) is 0 Å². The Morgan fingerprint density at radius 1 is 1.11 bits per heavy atom. The fourth-order valence-corrected chi connectivity index (χ4v) is 2.77. The van der Waals surface area contributed by atoms with Crippen LogP contribution in [0.2, 0.25) is 0 Å². The molecular formula is C13H16O4S. The predicted octanol–water partition coefficient (Wildman–Crippen LogP) is 2.28. The van der Waals surface area contributed by atoms with Gasteiger partial charge in [0.25, 0.3) is 0 Å². The number of hydrogen-bond acceptors (Lipinski definition) is 3. The molecule has 0 heterocycles. The first-order chi connectivity index (χ1) is 8.58. The largest absolute Gasteiger partial charge is 0.481 e. The van der Waals surface area contributed by atoms with E-state index in [0.29, 0.717) is 12.2 Å². The molecule has 2 N–H and O–H groups in total. The zero-order chi connectivity index (χ0) is 13.4. The third kappa shape index (κ3) is 6.30. The van der Waals surface area contributed by atoms with Gasteiger partial charge in [0.05, 0.1) is 12.8 Å². The summed E-state index contributed by atoms with van der Waals surface area (Å²) in [5.74, 6) is -1.25. The summed E-state index contributed by atoms with van der Waals surface area (Å²) in [4.78, 5) is 21.2. The van der Waals surface area contributed by atoms with E-state index >= 15 is 0 Å². The maximum atomic E-state index is 10.8. The minimum atomic E-state index is -0.851. The van der Waals surface area contributed by atoms with Crippen molar-refractivity contribution in [1.82, 2.24) is 0 Å². The lowest BCUT2D eigenvalue weighted by molar-refractivity contribution is -0.137. The first kappa shape index (κ1) is 14.6. The summed E-state index contributed by atoms with van der Waals surface area (Å²) in [6.45, 7) is 0. The van der Waals surface area contributed by atoms with Gasteiger partial charge < -0.3 is 10.2 Å². The molecule has 1 unspecified atom stereocenters. The summed E-state index contributed by atoms with van der Waals surface area (Å²) in [6, 6.07) is 9.64. The van der Waals surface area contributed by atoms with E-state index in [1.807, 2.05) is 30.3 Å². The van der Waals surface area contributed by atoms with Crippen molar-refractivity contribution in [3.63, 3.8) is 0 Å². The average Bonchev–Trinajstić information content (AvgIpc) is 2.28. The molecule has 0 saturated heterocycles. The van der Waals surface area contributed by atoms with Crippen molar-refractivity contribution < 1.29 is 19.8 Å². The number of aliphatic carboxylic acids is 2. The number of carbonyl (C=O) groups is 2. The molecule has 0 amide bonds. The van der Waals surface area contributed by atoms with Gasteiger partial charge in [-0.3, -0.25) is 9.59 Å². The van der Waals surface area contributed by atoms with Gasteiger partial charge in [0.1, 0.15) is 0 Å². The number of thioether (sulfide) groups is 1. The second-order valence-corrected chi connectivity index (χ2v) is 5.33. The van der Waals surface area contributed by atoms with E-state index in [2.05, 4.69) is 0 Å². The molecule has 1 aromatic rings. The molecule has 0 aliphatic heterocycles. The van der Waals surface area contributed by atoms with Crippen LogP contribution < -0.4 is 0 Å². The van der Waals surface area contributed by atoms with Crippen molar-refractivity contribution in [3.8, 4) is 0 Å². The van der Waals surface area contributed by atoms with Gasteiger partial charge in [-0.15, -0.1) is 0 Å². The molecule has 0 saturated carbocycles. The summed E-state index contributed by atoms with van der Waals surface area (Å²) in [5.41, 5.74) is 1.08. The Morgan fingerprint density at radius 2 is 1.78 bits per heavy atom. The standard InChI is InChI=1S/C13H16O4S/c14-12(15)6-7-18-11(9-13(16)17)8-10-4-2-1-3-5-10/h1-5,11H,6-9H2,(H,14,15)(H,16,17). The van der Waals surface area contributed by atoms with Crippen LogP contribution in [0.15, 0.2) is 30.3 Å². The summed E-state index contributed by atoms with van der Waals surface area (Å²) >= 11 is 1.41. The third-order valence-corrected chi connectivity index (χ3v) is 3.62. The average molecular weight is 268 g/mol. The lowest BCUT2D eigenvalue weighted by Crippen LogP contribution is -2.14. The molecule has 98 valence electrons. The molecule has 0 bridgehead atoms. The van der Waals surface area contributed by atoms with E-state index < -0.39 is 11.9 Å². The molecule has 4 nitrogen and oxygen atoms in total. The summed E-state index contributed by atoms with van der Waals surface area (Å²) in [7, 11) is 0. The minimum absolute atomic E-state index is 0.0547. The summed E-state index contributed by atoms with van der Waals surface area (Å²) in [6.07, 6.45) is 0.770. The minimum Gasteiger partial charge on any atom is -0.481 e. The lowest BCUT2D eigenvalue weighted by Gasteiger charge is -2.14. The van der Waals surface area contributed by atoms with Crippen LogP contribution in [0.1, 0.15) is 18.4 Å². The fraction of sp³-hybridized carbons (Fsp3) is 0.385. The van der Waals surface area contributed by atoms with Crippen molar-refractivity contribution in [3.05, 3.63) is 35.9 Å². The van der Waals surface area contributed by atoms with Crippen LogP contribution in [0.5, 0.6) is 0 Å². The number of benzene rings is 1. The molecule has 1 atom stereocenters. The van der Waals surface area contributed by atoms with Gasteiger partial charge in [-0.1, -0.05) is 30.3 Å². The lowest BCUT2D eigenvalue weighted by atomic mass is 10.1. The topological polar surface area (TPSA) is 74.6 Å². The highest BCUT2D eigenvalue weighted by atomic mass is 32.2. The molecule has 0 aromatic heterocycles. The van der Waals surface area contributed by atoms with Crippen LogP contribution in [0.4, 0.5) is 0 Å². The molecule has 1 aromatic carbocycles.